The molecule has 0 radical (unpaired) electrons. The fourth-order valence-electron chi connectivity index (χ4n) is 9.84. The van der Waals surface area contributed by atoms with E-state index in [-0.39, 0.29) is 31.1 Å². The molecule has 0 aromatic carbocycles. The number of ether oxygens (including phenoxy) is 3. The minimum Gasteiger partial charge on any atom is -0.462 e. The van der Waals surface area contributed by atoms with Gasteiger partial charge in [0, 0.05) is 19.3 Å². The molecule has 456 valence electrons. The molecule has 6 nitrogen and oxygen atoms in total. The van der Waals surface area contributed by atoms with Crippen LogP contribution in [0.25, 0.3) is 0 Å². The Hall–Kier alpha value is -3.41. The molecule has 0 aliphatic carbocycles. The topological polar surface area (TPSA) is 78.9 Å². The molecule has 0 spiro atoms. The molecule has 0 saturated carbocycles. The van der Waals surface area contributed by atoms with Gasteiger partial charge in [-0.2, -0.15) is 0 Å². The van der Waals surface area contributed by atoms with E-state index in [0.717, 1.165) is 122 Å². The van der Waals surface area contributed by atoms with Crippen LogP contribution in [0.1, 0.15) is 342 Å². The Morgan fingerprint density at radius 2 is 0.494 bits per heavy atom. The van der Waals surface area contributed by atoms with E-state index < -0.39 is 6.10 Å². The van der Waals surface area contributed by atoms with Crippen LogP contribution in [-0.4, -0.2) is 37.2 Å². The summed E-state index contributed by atoms with van der Waals surface area (Å²) in [4.78, 5) is 38.1. The maximum atomic E-state index is 12.9. The van der Waals surface area contributed by atoms with E-state index in [1.807, 2.05) is 0 Å². The second kappa shape index (κ2) is 67.1. The average Bonchev–Trinajstić information content (AvgIpc) is 3.45. The van der Waals surface area contributed by atoms with E-state index in [1.54, 1.807) is 0 Å². The summed E-state index contributed by atoms with van der Waals surface area (Å²) >= 11 is 0. The first-order valence-corrected chi connectivity index (χ1v) is 34.1. The Labute approximate surface area is 490 Å². The predicted octanol–water partition coefficient (Wildman–Crippen LogP) is 23.4. The average molecular weight is 1100 g/mol. The first kappa shape index (κ1) is 75.6. The smallest absolute Gasteiger partial charge is 0.306 e. The van der Waals surface area contributed by atoms with Crippen LogP contribution in [0.15, 0.2) is 85.1 Å². The fourth-order valence-corrected chi connectivity index (χ4v) is 9.84. The Kier molecular flexibility index (Phi) is 64.2. The Morgan fingerprint density at radius 3 is 0.772 bits per heavy atom. The standard InChI is InChI=1S/C73H128O6/c1-4-7-10-13-16-18-20-22-24-26-28-30-32-34-36-38-39-41-43-45-47-49-51-53-55-57-60-63-66-72(75)78-69-70(68-77-71(74)65-62-59-15-12-9-6-3)79-73(76)67-64-61-58-56-54-52-50-48-46-44-42-40-37-35-33-31-29-27-25-23-21-19-17-14-11-8-5-2/h8,11,17,19,23,25,29,31,35,37,42,44,48,50,70H,4-7,9-10,12-16,18,20-22,24,26-28,30,32-34,36,38-41,43,45-47,49,51-69H2,1-3H3/b11-8-,19-17-,25-23-,31-29-,37-35-,44-42-,50-48-. The molecule has 0 aliphatic heterocycles. The summed E-state index contributed by atoms with van der Waals surface area (Å²) in [5, 5.41) is 0. The summed E-state index contributed by atoms with van der Waals surface area (Å²) in [6.07, 6.45) is 89.4. The molecule has 1 unspecified atom stereocenters. The number of unbranched alkanes of at least 4 members (excludes halogenated alkanes) is 37. The normalized spacial score (nSPS) is 12.6. The number of hydrogen-bond acceptors (Lipinski definition) is 6. The van der Waals surface area contributed by atoms with Crippen LogP contribution in [0.3, 0.4) is 0 Å². The number of allylic oxidation sites excluding steroid dienone is 14. The van der Waals surface area contributed by atoms with E-state index >= 15 is 0 Å². The van der Waals surface area contributed by atoms with Crippen LogP contribution in [0.4, 0.5) is 0 Å². The molecular formula is C73H128O6. The van der Waals surface area contributed by atoms with Gasteiger partial charge in [-0.1, -0.05) is 331 Å². The van der Waals surface area contributed by atoms with Crippen LogP contribution in [0, 0.1) is 0 Å². The molecule has 0 saturated heterocycles. The molecule has 0 aromatic heterocycles. The SMILES string of the molecule is CC/C=C\C/C=C\C/C=C\C/C=C\C/C=C\C/C=C\C/C=C\CCCCCCCC(=O)OC(COC(=O)CCCCCCCC)COC(=O)CCCCCCCCCCCCCCCCCCCCCCCCCCCCCC. The van der Waals surface area contributed by atoms with E-state index in [9.17, 15) is 14.4 Å². The molecule has 0 rings (SSSR count). The molecule has 0 heterocycles. The van der Waals surface area contributed by atoms with Gasteiger partial charge < -0.3 is 14.2 Å². The maximum absolute atomic E-state index is 12.9. The lowest BCUT2D eigenvalue weighted by molar-refractivity contribution is -0.167. The van der Waals surface area contributed by atoms with Crippen molar-refractivity contribution in [2.24, 2.45) is 0 Å². The molecule has 0 N–H and O–H groups in total. The lowest BCUT2D eigenvalue weighted by Gasteiger charge is -2.18. The zero-order valence-electron chi connectivity index (χ0n) is 52.4. The summed E-state index contributed by atoms with van der Waals surface area (Å²) in [7, 11) is 0. The monoisotopic (exact) mass is 1100 g/mol. The fraction of sp³-hybridized carbons (Fsp3) is 0.767. The van der Waals surface area contributed by atoms with Crippen LogP contribution < -0.4 is 0 Å². The zero-order valence-corrected chi connectivity index (χ0v) is 52.4. The number of rotatable bonds is 62. The highest BCUT2D eigenvalue weighted by Crippen LogP contribution is 2.18. The van der Waals surface area contributed by atoms with Crippen molar-refractivity contribution in [3.8, 4) is 0 Å². The van der Waals surface area contributed by atoms with Crippen molar-refractivity contribution in [3.05, 3.63) is 85.1 Å². The zero-order chi connectivity index (χ0) is 57.1. The molecule has 6 heteroatoms. The van der Waals surface area contributed by atoms with Crippen LogP contribution in [0.5, 0.6) is 0 Å². The number of esters is 3. The lowest BCUT2D eigenvalue weighted by Crippen LogP contribution is -2.30. The Morgan fingerprint density at radius 1 is 0.266 bits per heavy atom. The van der Waals surface area contributed by atoms with Gasteiger partial charge in [-0.05, 0) is 77.0 Å². The summed E-state index contributed by atoms with van der Waals surface area (Å²) in [6.45, 7) is 6.49. The number of hydrogen-bond donors (Lipinski definition) is 0. The maximum Gasteiger partial charge on any atom is 0.306 e. The summed E-state index contributed by atoms with van der Waals surface area (Å²) < 4.78 is 16.8. The van der Waals surface area contributed by atoms with Crippen molar-refractivity contribution in [1.29, 1.82) is 0 Å². The number of carbonyl (C=O) groups excluding carboxylic acids is 3. The third kappa shape index (κ3) is 65.3. The molecule has 0 aromatic rings. The first-order chi connectivity index (χ1) is 39.0. The van der Waals surface area contributed by atoms with Crippen molar-refractivity contribution >= 4 is 17.9 Å². The van der Waals surface area contributed by atoms with Gasteiger partial charge in [0.15, 0.2) is 6.10 Å². The minimum atomic E-state index is -0.784. The van der Waals surface area contributed by atoms with Gasteiger partial charge in [0.1, 0.15) is 13.2 Å². The van der Waals surface area contributed by atoms with E-state index in [4.69, 9.17) is 14.2 Å². The van der Waals surface area contributed by atoms with Gasteiger partial charge in [0.2, 0.25) is 0 Å². The molecule has 0 fully saturated rings. The summed E-state index contributed by atoms with van der Waals surface area (Å²) in [5.41, 5.74) is 0. The highest BCUT2D eigenvalue weighted by atomic mass is 16.6. The third-order valence-electron chi connectivity index (χ3n) is 14.9. The second-order valence-corrected chi connectivity index (χ2v) is 22.7. The largest absolute Gasteiger partial charge is 0.462 e. The van der Waals surface area contributed by atoms with Gasteiger partial charge in [-0.25, -0.2) is 0 Å². The third-order valence-corrected chi connectivity index (χ3v) is 14.9. The van der Waals surface area contributed by atoms with Crippen LogP contribution >= 0.6 is 0 Å². The van der Waals surface area contributed by atoms with Crippen molar-refractivity contribution < 1.29 is 28.6 Å². The van der Waals surface area contributed by atoms with Crippen molar-refractivity contribution in [2.45, 2.75) is 348 Å². The highest BCUT2D eigenvalue weighted by Gasteiger charge is 2.19. The second-order valence-electron chi connectivity index (χ2n) is 22.7. The van der Waals surface area contributed by atoms with Crippen LogP contribution in [-0.2, 0) is 28.6 Å². The Bertz CT molecular complexity index is 1500. The minimum absolute atomic E-state index is 0.0813. The van der Waals surface area contributed by atoms with Gasteiger partial charge in [-0.3, -0.25) is 14.4 Å². The molecule has 0 aliphatic rings. The van der Waals surface area contributed by atoms with E-state index in [2.05, 4.69) is 106 Å². The van der Waals surface area contributed by atoms with Crippen molar-refractivity contribution in [1.82, 2.24) is 0 Å². The molecule has 0 bridgehead atoms. The quantitative estimate of drug-likeness (QED) is 0.0261. The van der Waals surface area contributed by atoms with Crippen molar-refractivity contribution in [3.63, 3.8) is 0 Å². The van der Waals surface area contributed by atoms with Crippen LogP contribution in [0.2, 0.25) is 0 Å². The van der Waals surface area contributed by atoms with Gasteiger partial charge in [-0.15, -0.1) is 0 Å². The van der Waals surface area contributed by atoms with E-state index in [1.165, 1.54) is 180 Å². The lowest BCUT2D eigenvalue weighted by atomic mass is 10.0. The molecule has 79 heavy (non-hydrogen) atoms. The van der Waals surface area contributed by atoms with Gasteiger partial charge in [0.05, 0.1) is 0 Å². The van der Waals surface area contributed by atoms with Crippen molar-refractivity contribution in [2.75, 3.05) is 13.2 Å². The number of carbonyl (C=O) groups is 3. The highest BCUT2D eigenvalue weighted by molar-refractivity contribution is 5.71. The van der Waals surface area contributed by atoms with E-state index in [0.29, 0.717) is 19.3 Å². The van der Waals surface area contributed by atoms with Gasteiger partial charge >= 0.3 is 17.9 Å². The summed E-state index contributed by atoms with van der Waals surface area (Å²) in [5.74, 6) is -0.897. The first-order valence-electron chi connectivity index (χ1n) is 34.1. The molecule has 1 atom stereocenters. The van der Waals surface area contributed by atoms with Gasteiger partial charge in [0.25, 0.3) is 0 Å². The predicted molar refractivity (Wildman–Crippen MR) is 344 cm³/mol. The summed E-state index contributed by atoms with van der Waals surface area (Å²) in [6, 6.07) is 0. The molecular weight excluding hydrogens is 973 g/mol. The molecule has 0 amide bonds. The Balaban J connectivity index is 4.08.